The third-order valence-corrected chi connectivity index (χ3v) is 4.72. The Morgan fingerprint density at radius 2 is 2.00 bits per heavy atom. The molecule has 22 heavy (non-hydrogen) atoms. The third-order valence-electron chi connectivity index (χ3n) is 4.72. The van der Waals surface area contributed by atoms with Crippen LogP contribution in [-0.2, 0) is 4.79 Å². The van der Waals surface area contributed by atoms with Gasteiger partial charge in [-0.15, -0.1) is 0 Å². The largest absolute Gasteiger partial charge is 0.391 e. The summed E-state index contributed by atoms with van der Waals surface area (Å²) in [6.45, 7) is 4.80. The molecule has 3 heterocycles. The summed E-state index contributed by atoms with van der Waals surface area (Å²) in [5.74, 6) is 1.39. The number of likely N-dealkylation sites (tertiary alicyclic amines) is 1. The SMILES string of the molecule is CC(=O)N1CCC(c2cncc(N3CCC[C@H](O)C3)n2)CC1. The van der Waals surface area contributed by atoms with Crippen molar-refractivity contribution >= 4 is 11.7 Å². The summed E-state index contributed by atoms with van der Waals surface area (Å²) in [4.78, 5) is 24.5. The number of aromatic nitrogens is 2. The maximum absolute atomic E-state index is 11.4. The molecule has 2 aliphatic heterocycles. The van der Waals surface area contributed by atoms with Crippen molar-refractivity contribution < 1.29 is 9.90 Å². The summed E-state index contributed by atoms with van der Waals surface area (Å²) in [5, 5.41) is 9.81. The molecular formula is C16H24N4O2. The second kappa shape index (κ2) is 6.60. The predicted molar refractivity (Wildman–Crippen MR) is 83.7 cm³/mol. The molecule has 6 nitrogen and oxygen atoms in total. The van der Waals surface area contributed by atoms with Gasteiger partial charge in [0, 0.05) is 45.2 Å². The molecule has 1 aromatic rings. The lowest BCUT2D eigenvalue weighted by Crippen LogP contribution is -2.39. The minimum Gasteiger partial charge on any atom is -0.391 e. The molecule has 0 unspecified atom stereocenters. The molecule has 0 spiro atoms. The van der Waals surface area contributed by atoms with Gasteiger partial charge in [0.1, 0.15) is 5.82 Å². The molecule has 1 aromatic heterocycles. The lowest BCUT2D eigenvalue weighted by atomic mass is 9.94. The number of amides is 1. The Kier molecular flexibility index (Phi) is 4.57. The second-order valence-corrected chi connectivity index (χ2v) is 6.32. The van der Waals surface area contributed by atoms with Crippen molar-refractivity contribution in [1.29, 1.82) is 0 Å². The van der Waals surface area contributed by atoms with E-state index >= 15 is 0 Å². The van der Waals surface area contributed by atoms with Crippen molar-refractivity contribution in [2.75, 3.05) is 31.1 Å². The zero-order valence-corrected chi connectivity index (χ0v) is 13.1. The van der Waals surface area contributed by atoms with Crippen molar-refractivity contribution in [2.45, 2.75) is 44.6 Å². The first-order chi connectivity index (χ1) is 10.6. The summed E-state index contributed by atoms with van der Waals surface area (Å²) >= 11 is 0. The zero-order chi connectivity index (χ0) is 15.5. The number of anilines is 1. The second-order valence-electron chi connectivity index (χ2n) is 6.32. The Morgan fingerprint density at radius 1 is 1.23 bits per heavy atom. The number of hydrogen-bond acceptors (Lipinski definition) is 5. The first-order valence-corrected chi connectivity index (χ1v) is 8.14. The third kappa shape index (κ3) is 3.38. The highest BCUT2D eigenvalue weighted by Gasteiger charge is 2.24. The van der Waals surface area contributed by atoms with Crippen LogP contribution in [0, 0.1) is 0 Å². The quantitative estimate of drug-likeness (QED) is 0.888. The van der Waals surface area contributed by atoms with Gasteiger partial charge in [-0.2, -0.15) is 0 Å². The standard InChI is InChI=1S/C16H24N4O2/c1-12(21)19-7-4-13(5-8-19)15-9-17-10-16(18-15)20-6-2-3-14(22)11-20/h9-10,13-14,22H,2-8,11H2,1H3/t14-/m0/s1. The normalized spacial score (nSPS) is 23.6. The van der Waals surface area contributed by atoms with Gasteiger partial charge in [-0.3, -0.25) is 9.78 Å². The molecule has 1 atom stereocenters. The van der Waals surface area contributed by atoms with Crippen molar-refractivity contribution in [3.63, 3.8) is 0 Å². The van der Waals surface area contributed by atoms with Gasteiger partial charge in [-0.1, -0.05) is 0 Å². The highest BCUT2D eigenvalue weighted by atomic mass is 16.3. The highest BCUT2D eigenvalue weighted by molar-refractivity contribution is 5.73. The monoisotopic (exact) mass is 304 g/mol. The lowest BCUT2D eigenvalue weighted by molar-refractivity contribution is -0.129. The van der Waals surface area contributed by atoms with Crippen molar-refractivity contribution in [3.05, 3.63) is 18.1 Å². The molecule has 0 aliphatic carbocycles. The van der Waals surface area contributed by atoms with Crippen LogP contribution >= 0.6 is 0 Å². The number of nitrogens with zero attached hydrogens (tertiary/aromatic N) is 4. The summed E-state index contributed by atoms with van der Waals surface area (Å²) in [6.07, 6.45) is 7.11. The van der Waals surface area contributed by atoms with Crippen LogP contribution in [0.15, 0.2) is 12.4 Å². The van der Waals surface area contributed by atoms with Gasteiger partial charge >= 0.3 is 0 Å². The predicted octanol–water partition coefficient (Wildman–Crippen LogP) is 1.16. The maximum atomic E-state index is 11.4. The number of aliphatic hydroxyl groups excluding tert-OH is 1. The van der Waals surface area contributed by atoms with Crippen LogP contribution in [0.1, 0.15) is 44.2 Å². The molecule has 3 rings (SSSR count). The Labute approximate surface area is 131 Å². The van der Waals surface area contributed by atoms with Gasteiger partial charge in [0.25, 0.3) is 0 Å². The van der Waals surface area contributed by atoms with E-state index in [4.69, 9.17) is 4.98 Å². The van der Waals surface area contributed by atoms with Gasteiger partial charge < -0.3 is 14.9 Å². The first kappa shape index (κ1) is 15.2. The summed E-state index contributed by atoms with van der Waals surface area (Å²) in [6, 6.07) is 0. The smallest absolute Gasteiger partial charge is 0.219 e. The molecular weight excluding hydrogens is 280 g/mol. The maximum Gasteiger partial charge on any atom is 0.219 e. The minimum absolute atomic E-state index is 0.153. The number of hydrogen-bond donors (Lipinski definition) is 1. The van der Waals surface area contributed by atoms with Crippen LogP contribution in [0.2, 0.25) is 0 Å². The number of carbonyl (C=O) groups is 1. The Morgan fingerprint density at radius 3 is 2.68 bits per heavy atom. The van der Waals surface area contributed by atoms with Crippen LogP contribution in [0.3, 0.4) is 0 Å². The minimum atomic E-state index is -0.266. The van der Waals surface area contributed by atoms with Gasteiger partial charge in [-0.25, -0.2) is 4.98 Å². The number of carbonyl (C=O) groups excluding carboxylic acids is 1. The van der Waals surface area contributed by atoms with E-state index in [1.165, 1.54) is 0 Å². The number of rotatable bonds is 2. The molecule has 0 bridgehead atoms. The van der Waals surface area contributed by atoms with Gasteiger partial charge in [0.15, 0.2) is 0 Å². The molecule has 0 radical (unpaired) electrons. The molecule has 120 valence electrons. The summed E-state index contributed by atoms with van der Waals surface area (Å²) in [5.41, 5.74) is 1.01. The fourth-order valence-electron chi connectivity index (χ4n) is 3.37. The van der Waals surface area contributed by atoms with Crippen LogP contribution < -0.4 is 4.90 Å². The topological polar surface area (TPSA) is 69.6 Å². The Bertz CT molecular complexity index is 529. The number of piperidine rings is 2. The van der Waals surface area contributed by atoms with Crippen molar-refractivity contribution in [3.8, 4) is 0 Å². The van der Waals surface area contributed by atoms with Crippen LogP contribution in [0.25, 0.3) is 0 Å². The fourth-order valence-corrected chi connectivity index (χ4v) is 3.37. The summed E-state index contributed by atoms with van der Waals surface area (Å²) < 4.78 is 0. The molecule has 6 heteroatoms. The lowest BCUT2D eigenvalue weighted by Gasteiger charge is -2.33. The van der Waals surface area contributed by atoms with E-state index in [2.05, 4.69) is 9.88 Å². The van der Waals surface area contributed by atoms with Gasteiger partial charge in [0.2, 0.25) is 5.91 Å². The molecule has 0 saturated carbocycles. The molecule has 0 aromatic carbocycles. The van der Waals surface area contributed by atoms with E-state index in [1.807, 2.05) is 11.1 Å². The summed E-state index contributed by atoms with van der Waals surface area (Å²) in [7, 11) is 0. The van der Waals surface area contributed by atoms with Gasteiger partial charge in [0.05, 0.1) is 18.0 Å². The van der Waals surface area contributed by atoms with E-state index in [1.54, 1.807) is 13.1 Å². The van der Waals surface area contributed by atoms with E-state index in [-0.39, 0.29) is 12.0 Å². The molecule has 1 N–H and O–H groups in total. The Hall–Kier alpha value is -1.69. The Balaban J connectivity index is 1.68. The van der Waals surface area contributed by atoms with Crippen molar-refractivity contribution in [1.82, 2.24) is 14.9 Å². The van der Waals surface area contributed by atoms with E-state index in [9.17, 15) is 9.90 Å². The molecule has 2 fully saturated rings. The van der Waals surface area contributed by atoms with E-state index < -0.39 is 0 Å². The molecule has 2 saturated heterocycles. The van der Waals surface area contributed by atoms with Gasteiger partial charge in [-0.05, 0) is 25.7 Å². The van der Waals surface area contributed by atoms with E-state index in [0.717, 1.165) is 56.8 Å². The van der Waals surface area contributed by atoms with Crippen LogP contribution in [0.4, 0.5) is 5.82 Å². The first-order valence-electron chi connectivity index (χ1n) is 8.14. The average Bonchev–Trinajstić information content (AvgIpc) is 2.55. The average molecular weight is 304 g/mol. The fraction of sp³-hybridized carbons (Fsp3) is 0.688. The zero-order valence-electron chi connectivity index (χ0n) is 13.1. The van der Waals surface area contributed by atoms with E-state index in [0.29, 0.717) is 12.5 Å². The van der Waals surface area contributed by atoms with Crippen LogP contribution in [-0.4, -0.2) is 58.2 Å². The molecule has 1 amide bonds. The number of aliphatic hydroxyl groups is 1. The number of β-amino-alcohol motifs (C(OH)–C–C–N with tert-alkyl or cyclic N) is 1. The molecule has 2 aliphatic rings. The van der Waals surface area contributed by atoms with Crippen LogP contribution in [0.5, 0.6) is 0 Å². The van der Waals surface area contributed by atoms with Crippen molar-refractivity contribution in [2.24, 2.45) is 0 Å². The highest BCUT2D eigenvalue weighted by Crippen LogP contribution is 2.28.